The Labute approximate surface area is 165 Å². The van der Waals surface area contributed by atoms with Crippen molar-refractivity contribution < 1.29 is 19.8 Å². The Morgan fingerprint density at radius 1 is 0.750 bits per heavy atom. The second-order valence-corrected chi connectivity index (χ2v) is 7.48. The van der Waals surface area contributed by atoms with Crippen LogP contribution >= 0.6 is 0 Å². The minimum absolute atomic E-state index is 0.0238. The number of hydrogen-bond acceptors (Lipinski definition) is 4. The minimum Gasteiger partial charge on any atom is -0.508 e. The molecule has 1 heterocycles. The van der Waals surface area contributed by atoms with E-state index in [1.54, 1.807) is 48.5 Å². The second kappa shape index (κ2) is 8.33. The molecule has 0 aliphatic carbocycles. The lowest BCUT2D eigenvalue weighted by atomic mass is 10.0. The van der Waals surface area contributed by atoms with Crippen molar-refractivity contribution in [3.8, 4) is 11.5 Å². The molecule has 2 atom stereocenters. The number of amides is 2. The first-order valence-corrected chi connectivity index (χ1v) is 9.48. The van der Waals surface area contributed by atoms with Gasteiger partial charge in [0.25, 0.3) is 0 Å². The average Bonchev–Trinajstić information content (AvgIpc) is 2.66. The van der Waals surface area contributed by atoms with E-state index >= 15 is 0 Å². The summed E-state index contributed by atoms with van der Waals surface area (Å²) in [6.07, 6.45) is 0.553. The predicted molar refractivity (Wildman–Crippen MR) is 106 cm³/mol. The molecule has 2 amide bonds. The van der Waals surface area contributed by atoms with E-state index in [4.69, 9.17) is 0 Å². The molecule has 1 saturated heterocycles. The van der Waals surface area contributed by atoms with Gasteiger partial charge in [-0.15, -0.1) is 0 Å². The molecule has 28 heavy (non-hydrogen) atoms. The summed E-state index contributed by atoms with van der Waals surface area (Å²) in [4.78, 5) is 29.2. The number of piperazine rings is 1. The molecule has 6 heteroatoms. The molecular formula is C22H26N2O4. The topological polar surface area (TPSA) is 81.1 Å². The monoisotopic (exact) mass is 382 g/mol. The van der Waals surface area contributed by atoms with Crippen molar-refractivity contribution in [2.75, 3.05) is 13.1 Å². The van der Waals surface area contributed by atoms with E-state index in [0.29, 0.717) is 13.1 Å². The SMILES string of the molecule is CC1CN(C(=O)Cc2ccc(O)cc2)C(C)CN1C(=O)Cc1ccc(O)cc1. The third-order valence-electron chi connectivity index (χ3n) is 5.21. The maximum Gasteiger partial charge on any atom is 0.227 e. The smallest absolute Gasteiger partial charge is 0.227 e. The molecule has 148 valence electrons. The molecule has 6 nitrogen and oxygen atoms in total. The molecule has 0 radical (unpaired) electrons. The predicted octanol–water partition coefficient (Wildman–Crippen LogP) is 2.33. The first-order valence-electron chi connectivity index (χ1n) is 9.48. The Morgan fingerprint density at radius 2 is 1.07 bits per heavy atom. The molecule has 2 aromatic rings. The van der Waals surface area contributed by atoms with Crippen LogP contribution in [0.5, 0.6) is 11.5 Å². The van der Waals surface area contributed by atoms with E-state index in [1.807, 2.05) is 23.6 Å². The lowest BCUT2D eigenvalue weighted by Crippen LogP contribution is -2.60. The molecule has 1 fully saturated rings. The first kappa shape index (κ1) is 19.7. The van der Waals surface area contributed by atoms with Gasteiger partial charge in [0.1, 0.15) is 11.5 Å². The van der Waals surface area contributed by atoms with E-state index in [-0.39, 0.29) is 48.2 Å². The number of benzene rings is 2. The van der Waals surface area contributed by atoms with Crippen molar-refractivity contribution in [3.05, 3.63) is 59.7 Å². The van der Waals surface area contributed by atoms with Crippen LogP contribution in [-0.4, -0.2) is 57.0 Å². The van der Waals surface area contributed by atoms with Crippen molar-refractivity contribution in [3.63, 3.8) is 0 Å². The zero-order valence-corrected chi connectivity index (χ0v) is 16.2. The van der Waals surface area contributed by atoms with Crippen molar-refractivity contribution in [2.45, 2.75) is 38.8 Å². The summed E-state index contributed by atoms with van der Waals surface area (Å²) >= 11 is 0. The number of nitrogens with zero attached hydrogens (tertiary/aromatic N) is 2. The van der Waals surface area contributed by atoms with Crippen LogP contribution in [0, 0.1) is 0 Å². The highest BCUT2D eigenvalue weighted by atomic mass is 16.3. The standard InChI is InChI=1S/C22H26N2O4/c1-15-13-24(22(28)12-18-5-9-20(26)10-6-18)16(2)14-23(15)21(27)11-17-3-7-19(25)8-4-17/h3-10,15-16,25-26H,11-14H2,1-2H3. The largest absolute Gasteiger partial charge is 0.508 e. The number of hydrogen-bond donors (Lipinski definition) is 2. The summed E-state index contributed by atoms with van der Waals surface area (Å²) in [5.41, 5.74) is 1.71. The van der Waals surface area contributed by atoms with Crippen molar-refractivity contribution in [1.29, 1.82) is 0 Å². The highest BCUT2D eigenvalue weighted by molar-refractivity contribution is 5.81. The van der Waals surface area contributed by atoms with Gasteiger partial charge >= 0.3 is 0 Å². The summed E-state index contributed by atoms with van der Waals surface area (Å²) in [6, 6.07) is 13.2. The molecule has 1 aliphatic heterocycles. The maximum absolute atomic E-state index is 12.7. The summed E-state index contributed by atoms with van der Waals surface area (Å²) in [5, 5.41) is 18.7. The molecule has 2 N–H and O–H groups in total. The van der Waals surface area contributed by atoms with Gasteiger partial charge in [-0.1, -0.05) is 24.3 Å². The van der Waals surface area contributed by atoms with Gasteiger partial charge in [-0.3, -0.25) is 9.59 Å². The summed E-state index contributed by atoms with van der Waals surface area (Å²) in [6.45, 7) is 4.92. The molecule has 3 rings (SSSR count). The van der Waals surface area contributed by atoms with Gasteiger partial charge in [0.15, 0.2) is 0 Å². The van der Waals surface area contributed by atoms with Crippen LogP contribution in [0.2, 0.25) is 0 Å². The Kier molecular flexibility index (Phi) is 5.87. The number of carbonyl (C=O) groups excluding carboxylic acids is 2. The Bertz CT molecular complexity index is 761. The first-order chi connectivity index (χ1) is 13.3. The van der Waals surface area contributed by atoms with E-state index in [2.05, 4.69) is 0 Å². The van der Waals surface area contributed by atoms with Gasteiger partial charge in [0.2, 0.25) is 11.8 Å². The Balaban J connectivity index is 1.61. The lowest BCUT2D eigenvalue weighted by Gasteiger charge is -2.44. The zero-order chi connectivity index (χ0) is 20.3. The van der Waals surface area contributed by atoms with Crippen LogP contribution in [-0.2, 0) is 22.4 Å². The summed E-state index contributed by atoms with van der Waals surface area (Å²) < 4.78 is 0. The van der Waals surface area contributed by atoms with Crippen LogP contribution in [0.4, 0.5) is 0 Å². The number of phenolic OH excluding ortho intramolecular Hbond substituents is 2. The molecule has 0 aromatic heterocycles. The van der Waals surface area contributed by atoms with Crippen LogP contribution in [0.25, 0.3) is 0 Å². The van der Waals surface area contributed by atoms with Gasteiger partial charge in [-0.25, -0.2) is 0 Å². The number of aromatic hydroxyl groups is 2. The quantitative estimate of drug-likeness (QED) is 0.850. The fourth-order valence-electron chi connectivity index (χ4n) is 3.60. The summed E-state index contributed by atoms with van der Waals surface area (Å²) in [7, 11) is 0. The third kappa shape index (κ3) is 4.63. The zero-order valence-electron chi connectivity index (χ0n) is 16.2. The van der Waals surface area contributed by atoms with E-state index in [9.17, 15) is 19.8 Å². The van der Waals surface area contributed by atoms with E-state index in [0.717, 1.165) is 11.1 Å². The second-order valence-electron chi connectivity index (χ2n) is 7.48. The van der Waals surface area contributed by atoms with Gasteiger partial charge in [-0.05, 0) is 49.2 Å². The fraction of sp³-hybridized carbons (Fsp3) is 0.364. The maximum atomic E-state index is 12.7. The van der Waals surface area contributed by atoms with E-state index in [1.165, 1.54) is 0 Å². The van der Waals surface area contributed by atoms with Crippen LogP contribution < -0.4 is 0 Å². The highest BCUT2D eigenvalue weighted by Crippen LogP contribution is 2.19. The van der Waals surface area contributed by atoms with Crippen molar-refractivity contribution in [1.82, 2.24) is 9.80 Å². The number of carbonyl (C=O) groups is 2. The van der Waals surface area contributed by atoms with Gasteiger partial charge in [0.05, 0.1) is 12.8 Å². The van der Waals surface area contributed by atoms with E-state index < -0.39 is 0 Å². The molecule has 2 aromatic carbocycles. The molecule has 0 bridgehead atoms. The fourth-order valence-corrected chi connectivity index (χ4v) is 3.60. The van der Waals surface area contributed by atoms with Crippen LogP contribution in [0.15, 0.2) is 48.5 Å². The van der Waals surface area contributed by atoms with Crippen LogP contribution in [0.3, 0.4) is 0 Å². The minimum atomic E-state index is -0.0652. The third-order valence-corrected chi connectivity index (χ3v) is 5.21. The molecular weight excluding hydrogens is 356 g/mol. The average molecular weight is 382 g/mol. The van der Waals surface area contributed by atoms with Crippen molar-refractivity contribution in [2.24, 2.45) is 0 Å². The van der Waals surface area contributed by atoms with Gasteiger partial charge in [-0.2, -0.15) is 0 Å². The molecule has 0 saturated carbocycles. The Morgan fingerprint density at radius 3 is 1.39 bits per heavy atom. The number of rotatable bonds is 4. The summed E-state index contributed by atoms with van der Waals surface area (Å²) in [5.74, 6) is 0.407. The lowest BCUT2D eigenvalue weighted by molar-refractivity contribution is -0.145. The Hall–Kier alpha value is -3.02. The van der Waals surface area contributed by atoms with Gasteiger partial charge < -0.3 is 20.0 Å². The normalized spacial score (nSPS) is 19.5. The van der Waals surface area contributed by atoms with Crippen LogP contribution in [0.1, 0.15) is 25.0 Å². The van der Waals surface area contributed by atoms with Crippen molar-refractivity contribution >= 4 is 11.8 Å². The molecule has 1 aliphatic rings. The highest BCUT2D eigenvalue weighted by Gasteiger charge is 2.34. The molecule has 2 unspecified atom stereocenters. The van der Waals surface area contributed by atoms with Gasteiger partial charge in [0, 0.05) is 25.2 Å². The number of phenols is 2. The molecule has 0 spiro atoms.